The van der Waals surface area contributed by atoms with Crippen LogP contribution in [0.2, 0.25) is 0 Å². The largest absolute Gasteiger partial charge is 0.418 e. The van der Waals surface area contributed by atoms with Crippen LogP contribution in [0, 0.1) is 11.7 Å². The second kappa shape index (κ2) is 10.5. The van der Waals surface area contributed by atoms with Crippen LogP contribution in [0.5, 0.6) is 0 Å². The van der Waals surface area contributed by atoms with Crippen molar-refractivity contribution < 1.29 is 22.9 Å². The van der Waals surface area contributed by atoms with Crippen LogP contribution >= 0.6 is 0 Å². The molecule has 0 aliphatic carbocycles. The molecule has 174 valence electrons. The van der Waals surface area contributed by atoms with E-state index in [1.54, 1.807) is 24.3 Å². The molecule has 0 radical (unpaired) electrons. The number of nitrogens with one attached hydrogen (secondary N) is 1. The van der Waals surface area contributed by atoms with Gasteiger partial charge in [-0.05, 0) is 32.0 Å². The highest BCUT2D eigenvalue weighted by Crippen LogP contribution is 2.26. The minimum absolute atomic E-state index is 0.0610. The molecule has 1 unspecified atom stereocenters. The van der Waals surface area contributed by atoms with Gasteiger partial charge in [0.25, 0.3) is 5.89 Å². The first-order chi connectivity index (χ1) is 16.0. The van der Waals surface area contributed by atoms with Crippen molar-refractivity contribution in [1.82, 2.24) is 25.6 Å². The van der Waals surface area contributed by atoms with Gasteiger partial charge in [-0.2, -0.15) is 0 Å². The highest BCUT2D eigenvalue weighted by atomic mass is 19.1. The maximum Gasteiger partial charge on any atom is 0.250 e. The van der Waals surface area contributed by atoms with Gasteiger partial charge in [0.2, 0.25) is 11.8 Å². The van der Waals surface area contributed by atoms with Gasteiger partial charge in [0.15, 0.2) is 5.78 Å². The Morgan fingerprint density at radius 3 is 2.73 bits per heavy atom. The molecular formula is C23H26FN5O4. The third-order valence-corrected chi connectivity index (χ3v) is 5.71. The lowest BCUT2D eigenvalue weighted by atomic mass is 9.99. The van der Waals surface area contributed by atoms with Crippen molar-refractivity contribution in [2.45, 2.75) is 38.1 Å². The minimum Gasteiger partial charge on any atom is -0.418 e. The van der Waals surface area contributed by atoms with Crippen molar-refractivity contribution in [3.8, 4) is 11.5 Å². The fraction of sp³-hybridized carbons (Fsp3) is 0.435. The van der Waals surface area contributed by atoms with Crippen LogP contribution in [0.3, 0.4) is 0 Å². The average molecular weight is 455 g/mol. The van der Waals surface area contributed by atoms with Crippen LogP contribution < -0.4 is 5.32 Å². The highest BCUT2D eigenvalue weighted by Gasteiger charge is 2.32. The first-order valence-corrected chi connectivity index (χ1v) is 11.0. The van der Waals surface area contributed by atoms with Crippen LogP contribution in [0.15, 0.2) is 45.5 Å². The third-order valence-electron chi connectivity index (χ3n) is 5.71. The summed E-state index contributed by atoms with van der Waals surface area (Å²) in [6, 6.07) is 7.23. The molecule has 1 fully saturated rings. The molecule has 0 saturated carbocycles. The van der Waals surface area contributed by atoms with Gasteiger partial charge < -0.3 is 19.2 Å². The maximum atomic E-state index is 14.1. The van der Waals surface area contributed by atoms with E-state index >= 15 is 0 Å². The molecule has 3 aromatic rings. The maximum absolute atomic E-state index is 14.1. The molecule has 1 aromatic carbocycles. The standard InChI is InChI=1S/C23H26FN5O4/c1-29-13-15(14-29)21(31)25-19(9-3-2-4-10-20(30)18-11-12-32-28-18)23-27-26-22(33-23)16-7-5-6-8-17(16)24/h5-8,11-12,15,19H,2-4,9-10,13-14H2,1H3,(H,25,31). The summed E-state index contributed by atoms with van der Waals surface area (Å²) in [5, 5.41) is 14.7. The number of carbonyl (C=O) groups is 2. The zero-order valence-electron chi connectivity index (χ0n) is 18.4. The van der Waals surface area contributed by atoms with Gasteiger partial charge in [-0.25, -0.2) is 4.39 Å². The molecule has 1 saturated heterocycles. The number of unbranched alkanes of at least 4 members (excludes halogenated alkanes) is 2. The number of halogens is 1. The molecule has 3 heterocycles. The van der Waals surface area contributed by atoms with Crippen molar-refractivity contribution in [3.63, 3.8) is 0 Å². The number of carbonyl (C=O) groups excluding carboxylic acids is 2. The van der Waals surface area contributed by atoms with Crippen LogP contribution in [0.1, 0.15) is 54.5 Å². The summed E-state index contributed by atoms with van der Waals surface area (Å²) in [4.78, 5) is 26.7. The van der Waals surface area contributed by atoms with Crippen LogP contribution in [0.25, 0.3) is 11.5 Å². The highest BCUT2D eigenvalue weighted by molar-refractivity contribution is 5.93. The van der Waals surface area contributed by atoms with Crippen LogP contribution in [-0.2, 0) is 4.79 Å². The zero-order chi connectivity index (χ0) is 23.2. The fourth-order valence-electron chi connectivity index (χ4n) is 3.83. The Morgan fingerprint density at radius 1 is 1.18 bits per heavy atom. The number of likely N-dealkylation sites (tertiary alicyclic amines) is 1. The van der Waals surface area contributed by atoms with Crippen molar-refractivity contribution >= 4 is 11.7 Å². The SMILES string of the molecule is CN1CC(C(=O)NC(CCCCCC(=O)c2ccon2)c2nnc(-c3ccccc3F)o2)C1. The number of nitrogens with zero attached hydrogens (tertiary/aromatic N) is 4. The van der Waals surface area contributed by atoms with E-state index in [1.807, 2.05) is 7.05 Å². The number of Topliss-reactive ketones (excluding diaryl/α,β-unsaturated/α-hetero) is 1. The topological polar surface area (TPSA) is 114 Å². The Labute approximate surface area is 190 Å². The number of amides is 1. The van der Waals surface area contributed by atoms with Gasteiger partial charge >= 0.3 is 0 Å². The minimum atomic E-state index is -0.484. The average Bonchev–Trinajstić information content (AvgIpc) is 3.48. The van der Waals surface area contributed by atoms with E-state index in [9.17, 15) is 14.0 Å². The monoisotopic (exact) mass is 455 g/mol. The quantitative estimate of drug-likeness (QED) is 0.346. The zero-order valence-corrected chi connectivity index (χ0v) is 18.4. The van der Waals surface area contributed by atoms with E-state index in [2.05, 4.69) is 25.6 Å². The number of hydrogen-bond donors (Lipinski definition) is 1. The fourth-order valence-corrected chi connectivity index (χ4v) is 3.83. The molecule has 1 aliphatic rings. The summed E-state index contributed by atoms with van der Waals surface area (Å²) in [6.07, 6.45) is 4.50. The Balaban J connectivity index is 1.36. The molecule has 33 heavy (non-hydrogen) atoms. The second-order valence-corrected chi connectivity index (χ2v) is 8.31. The lowest BCUT2D eigenvalue weighted by molar-refractivity contribution is -0.130. The smallest absolute Gasteiger partial charge is 0.250 e. The number of rotatable bonds is 11. The van der Waals surface area contributed by atoms with E-state index in [4.69, 9.17) is 8.94 Å². The summed E-state index contributed by atoms with van der Waals surface area (Å²) in [5.74, 6) is -0.343. The summed E-state index contributed by atoms with van der Waals surface area (Å²) in [5.41, 5.74) is 0.547. The number of hydrogen-bond acceptors (Lipinski definition) is 8. The van der Waals surface area contributed by atoms with Crippen molar-refractivity contribution in [2.75, 3.05) is 20.1 Å². The third kappa shape index (κ3) is 5.70. The normalized spacial score (nSPS) is 15.2. The van der Waals surface area contributed by atoms with Crippen molar-refractivity contribution in [1.29, 1.82) is 0 Å². The summed E-state index contributed by atoms with van der Waals surface area (Å²) in [7, 11) is 1.96. The van der Waals surface area contributed by atoms with E-state index in [0.717, 1.165) is 12.8 Å². The Hall–Kier alpha value is -3.40. The van der Waals surface area contributed by atoms with Gasteiger partial charge in [0.1, 0.15) is 23.8 Å². The molecule has 0 spiro atoms. The molecule has 4 rings (SSSR count). The molecule has 1 atom stereocenters. The van der Waals surface area contributed by atoms with Gasteiger partial charge in [0, 0.05) is 25.6 Å². The predicted octanol–water partition coefficient (Wildman–Crippen LogP) is 3.42. The molecule has 0 bridgehead atoms. The lowest BCUT2D eigenvalue weighted by Crippen LogP contribution is -2.52. The van der Waals surface area contributed by atoms with Gasteiger partial charge in [-0.3, -0.25) is 9.59 Å². The van der Waals surface area contributed by atoms with E-state index in [0.29, 0.717) is 38.0 Å². The number of benzene rings is 1. The van der Waals surface area contributed by atoms with Crippen molar-refractivity contribution in [3.05, 3.63) is 54.0 Å². The molecular weight excluding hydrogens is 429 g/mol. The summed E-state index contributed by atoms with van der Waals surface area (Å²) >= 11 is 0. The Bertz CT molecular complexity index is 1080. The van der Waals surface area contributed by atoms with Crippen molar-refractivity contribution in [2.24, 2.45) is 5.92 Å². The molecule has 9 nitrogen and oxygen atoms in total. The Morgan fingerprint density at radius 2 is 2.00 bits per heavy atom. The molecule has 10 heteroatoms. The van der Waals surface area contributed by atoms with Crippen LogP contribution in [0.4, 0.5) is 4.39 Å². The molecule has 1 N–H and O–H groups in total. The second-order valence-electron chi connectivity index (χ2n) is 8.31. The van der Waals surface area contributed by atoms with Crippen LogP contribution in [-0.4, -0.2) is 52.1 Å². The van der Waals surface area contributed by atoms with E-state index in [-0.39, 0.29) is 35.0 Å². The summed E-state index contributed by atoms with van der Waals surface area (Å²) < 4.78 is 24.6. The first kappa shape index (κ1) is 22.8. The van der Waals surface area contributed by atoms with E-state index in [1.165, 1.54) is 12.3 Å². The molecule has 1 aliphatic heterocycles. The number of aromatic nitrogens is 3. The first-order valence-electron chi connectivity index (χ1n) is 11.0. The molecule has 2 aromatic heterocycles. The van der Waals surface area contributed by atoms with Gasteiger partial charge in [-0.15, -0.1) is 10.2 Å². The van der Waals surface area contributed by atoms with Gasteiger partial charge in [0.05, 0.1) is 11.5 Å². The van der Waals surface area contributed by atoms with E-state index < -0.39 is 11.9 Å². The number of ketones is 1. The predicted molar refractivity (Wildman–Crippen MR) is 115 cm³/mol. The Kier molecular flexibility index (Phi) is 7.23. The molecule has 1 amide bonds. The lowest BCUT2D eigenvalue weighted by Gasteiger charge is -2.35. The van der Waals surface area contributed by atoms with Gasteiger partial charge in [-0.1, -0.05) is 30.1 Å². The summed E-state index contributed by atoms with van der Waals surface area (Å²) in [6.45, 7) is 1.40.